The molecule has 1 aromatic rings. The topological polar surface area (TPSA) is 55.1 Å². The molecule has 3 N–H and O–H groups in total. The van der Waals surface area contributed by atoms with Crippen LogP contribution in [0.3, 0.4) is 0 Å². The predicted molar refractivity (Wildman–Crippen MR) is 75.6 cm³/mol. The van der Waals surface area contributed by atoms with Crippen molar-refractivity contribution in [2.24, 2.45) is 23.5 Å². The summed E-state index contributed by atoms with van der Waals surface area (Å²) in [6.07, 6.45) is 5.76. The lowest BCUT2D eigenvalue weighted by atomic mass is 9.98. The molecule has 0 bridgehead atoms. The van der Waals surface area contributed by atoms with E-state index in [1.165, 1.54) is 31.2 Å². The van der Waals surface area contributed by atoms with Crippen LogP contribution >= 0.6 is 0 Å². The maximum Gasteiger partial charge on any atom is 0.248 e. The first-order valence-electron chi connectivity index (χ1n) is 7.33. The number of amides is 1. The van der Waals surface area contributed by atoms with Crippen LogP contribution in [0.4, 0.5) is 0 Å². The highest BCUT2D eigenvalue weighted by Gasteiger charge is 2.40. The van der Waals surface area contributed by atoms with E-state index in [2.05, 4.69) is 5.32 Å². The van der Waals surface area contributed by atoms with E-state index >= 15 is 0 Å². The molecule has 2 saturated carbocycles. The summed E-state index contributed by atoms with van der Waals surface area (Å²) in [7, 11) is 0. The van der Waals surface area contributed by atoms with Crippen molar-refractivity contribution in [3.8, 4) is 0 Å². The molecular weight excluding hydrogens is 236 g/mol. The first-order chi connectivity index (χ1) is 9.24. The van der Waals surface area contributed by atoms with Crippen molar-refractivity contribution in [3.05, 3.63) is 35.4 Å². The minimum Gasteiger partial charge on any atom is -0.366 e. The molecule has 2 aliphatic rings. The second-order valence-corrected chi connectivity index (χ2v) is 6.03. The van der Waals surface area contributed by atoms with Gasteiger partial charge in [0, 0.05) is 12.1 Å². The van der Waals surface area contributed by atoms with Gasteiger partial charge in [0.25, 0.3) is 0 Å². The number of nitrogens with two attached hydrogens (primary N) is 1. The van der Waals surface area contributed by atoms with Crippen molar-refractivity contribution in [2.75, 3.05) is 6.54 Å². The van der Waals surface area contributed by atoms with Crippen molar-refractivity contribution in [1.82, 2.24) is 5.32 Å². The van der Waals surface area contributed by atoms with Crippen LogP contribution in [0.15, 0.2) is 24.3 Å². The van der Waals surface area contributed by atoms with Crippen LogP contribution in [0.2, 0.25) is 0 Å². The van der Waals surface area contributed by atoms with Crippen LogP contribution in [-0.2, 0) is 6.54 Å². The van der Waals surface area contributed by atoms with Crippen LogP contribution in [0, 0.1) is 17.8 Å². The number of carbonyl (C=O) groups is 1. The fourth-order valence-corrected chi connectivity index (χ4v) is 2.94. The summed E-state index contributed by atoms with van der Waals surface area (Å²) in [5, 5.41) is 3.58. The van der Waals surface area contributed by atoms with Crippen LogP contribution in [0.1, 0.15) is 41.6 Å². The van der Waals surface area contributed by atoms with Crippen molar-refractivity contribution in [1.29, 1.82) is 0 Å². The van der Waals surface area contributed by atoms with Gasteiger partial charge in [0.15, 0.2) is 0 Å². The van der Waals surface area contributed by atoms with Gasteiger partial charge in [0.05, 0.1) is 0 Å². The van der Waals surface area contributed by atoms with Gasteiger partial charge in [-0.05, 0) is 67.7 Å². The number of nitrogens with one attached hydrogen (secondary N) is 1. The molecule has 0 spiro atoms. The predicted octanol–water partition coefficient (Wildman–Crippen LogP) is 2.31. The molecule has 2 aliphatic carbocycles. The molecule has 0 unspecified atom stereocenters. The van der Waals surface area contributed by atoms with Gasteiger partial charge >= 0.3 is 0 Å². The summed E-state index contributed by atoms with van der Waals surface area (Å²) in [5.74, 6) is 2.54. The number of rotatable bonds is 7. The molecule has 2 fully saturated rings. The second kappa shape index (κ2) is 5.33. The summed E-state index contributed by atoms with van der Waals surface area (Å²) in [6, 6.07) is 7.57. The lowest BCUT2D eigenvalue weighted by Gasteiger charge is -2.16. The minimum absolute atomic E-state index is 0.359. The van der Waals surface area contributed by atoms with E-state index in [9.17, 15) is 4.79 Å². The largest absolute Gasteiger partial charge is 0.366 e. The van der Waals surface area contributed by atoms with E-state index < -0.39 is 0 Å². The normalized spacial score (nSPS) is 18.8. The Morgan fingerprint density at radius 1 is 1.16 bits per heavy atom. The molecule has 1 aromatic carbocycles. The molecule has 0 aliphatic heterocycles. The van der Waals surface area contributed by atoms with E-state index in [-0.39, 0.29) is 5.91 Å². The molecule has 0 aromatic heterocycles. The van der Waals surface area contributed by atoms with Crippen LogP contribution < -0.4 is 11.1 Å². The van der Waals surface area contributed by atoms with Gasteiger partial charge in [-0.1, -0.05) is 12.1 Å². The molecule has 0 heterocycles. The summed E-state index contributed by atoms with van der Waals surface area (Å²) in [6.45, 7) is 2.03. The Labute approximate surface area is 114 Å². The molecule has 3 nitrogen and oxygen atoms in total. The highest BCUT2D eigenvalue weighted by Crippen LogP contribution is 2.48. The Balaban J connectivity index is 1.47. The zero-order chi connectivity index (χ0) is 13.2. The monoisotopic (exact) mass is 258 g/mol. The van der Waals surface area contributed by atoms with Crippen LogP contribution in [0.5, 0.6) is 0 Å². The number of hydrogen-bond acceptors (Lipinski definition) is 2. The van der Waals surface area contributed by atoms with Gasteiger partial charge in [-0.15, -0.1) is 0 Å². The minimum atomic E-state index is -0.359. The quantitative estimate of drug-likeness (QED) is 0.788. The van der Waals surface area contributed by atoms with Crippen LogP contribution in [-0.4, -0.2) is 12.5 Å². The Kier molecular flexibility index (Phi) is 3.56. The lowest BCUT2D eigenvalue weighted by molar-refractivity contribution is 0.100. The number of carbonyl (C=O) groups excluding carboxylic acids is 1. The van der Waals surface area contributed by atoms with Crippen molar-refractivity contribution in [3.63, 3.8) is 0 Å². The third-order valence-electron chi connectivity index (χ3n) is 4.40. The summed E-state index contributed by atoms with van der Waals surface area (Å²) in [4.78, 5) is 11.0. The molecule has 19 heavy (non-hydrogen) atoms. The third-order valence-corrected chi connectivity index (χ3v) is 4.40. The summed E-state index contributed by atoms with van der Waals surface area (Å²) in [5.41, 5.74) is 7.03. The Bertz CT molecular complexity index is 434. The van der Waals surface area contributed by atoms with Gasteiger partial charge in [0.2, 0.25) is 5.91 Å². The molecule has 0 saturated heterocycles. The molecule has 102 valence electrons. The molecule has 3 rings (SSSR count). The SMILES string of the molecule is NC(=O)c1ccc(CNCC(C2CC2)C2CC2)cc1. The van der Waals surface area contributed by atoms with Gasteiger partial charge in [-0.25, -0.2) is 0 Å². The van der Waals surface area contributed by atoms with Gasteiger partial charge in [-0.2, -0.15) is 0 Å². The molecule has 0 atom stereocenters. The smallest absolute Gasteiger partial charge is 0.248 e. The van der Waals surface area contributed by atoms with Crippen molar-refractivity contribution < 1.29 is 4.79 Å². The van der Waals surface area contributed by atoms with Crippen molar-refractivity contribution in [2.45, 2.75) is 32.2 Å². The van der Waals surface area contributed by atoms with Gasteiger partial charge in [0.1, 0.15) is 0 Å². The van der Waals surface area contributed by atoms with Gasteiger partial charge < -0.3 is 11.1 Å². The molecular formula is C16H22N2O. The fourth-order valence-electron chi connectivity index (χ4n) is 2.94. The second-order valence-electron chi connectivity index (χ2n) is 6.03. The highest BCUT2D eigenvalue weighted by atomic mass is 16.1. The fraction of sp³-hybridized carbons (Fsp3) is 0.562. The molecule has 1 amide bonds. The van der Waals surface area contributed by atoms with E-state index in [1.807, 2.05) is 12.1 Å². The van der Waals surface area contributed by atoms with E-state index in [0.717, 1.165) is 30.8 Å². The van der Waals surface area contributed by atoms with Gasteiger partial charge in [-0.3, -0.25) is 4.79 Å². The first kappa shape index (κ1) is 12.7. The average Bonchev–Trinajstić information content (AvgIpc) is 3.28. The van der Waals surface area contributed by atoms with E-state index in [4.69, 9.17) is 5.73 Å². The summed E-state index contributed by atoms with van der Waals surface area (Å²) >= 11 is 0. The lowest BCUT2D eigenvalue weighted by Crippen LogP contribution is -2.25. The Morgan fingerprint density at radius 3 is 2.21 bits per heavy atom. The van der Waals surface area contributed by atoms with E-state index in [0.29, 0.717) is 5.56 Å². The Hall–Kier alpha value is -1.35. The maximum absolute atomic E-state index is 11.0. The number of hydrogen-bond donors (Lipinski definition) is 2. The van der Waals surface area contributed by atoms with E-state index in [1.54, 1.807) is 12.1 Å². The third kappa shape index (κ3) is 3.35. The zero-order valence-corrected chi connectivity index (χ0v) is 11.3. The molecule has 0 radical (unpaired) electrons. The Morgan fingerprint density at radius 2 is 1.74 bits per heavy atom. The average molecular weight is 258 g/mol. The number of benzene rings is 1. The number of primary amides is 1. The van der Waals surface area contributed by atoms with Crippen molar-refractivity contribution >= 4 is 5.91 Å². The highest BCUT2D eigenvalue weighted by molar-refractivity contribution is 5.92. The maximum atomic E-state index is 11.0. The standard InChI is InChI=1S/C16H22N2O/c17-16(19)14-3-1-11(2-4-14)9-18-10-15(12-5-6-12)13-7-8-13/h1-4,12-13,15,18H,5-10H2,(H2,17,19). The molecule has 3 heteroatoms. The first-order valence-corrected chi connectivity index (χ1v) is 7.33. The zero-order valence-electron chi connectivity index (χ0n) is 11.3. The summed E-state index contributed by atoms with van der Waals surface area (Å²) < 4.78 is 0. The van der Waals surface area contributed by atoms with Crippen LogP contribution in [0.25, 0.3) is 0 Å².